The molecule has 1 aromatic carbocycles. The molecule has 1 saturated heterocycles. The highest BCUT2D eigenvalue weighted by Crippen LogP contribution is 2.26. The first-order chi connectivity index (χ1) is 9.63. The number of benzene rings is 1. The molecule has 1 N–H and O–H groups in total. The Morgan fingerprint density at radius 1 is 1.15 bits per heavy atom. The molecule has 0 radical (unpaired) electrons. The fourth-order valence-electron chi connectivity index (χ4n) is 2.94. The molecule has 1 fully saturated rings. The molecule has 2 rings (SSSR count). The molecule has 1 aliphatic rings. The molecular weight excluding hydrogens is 254 g/mol. The second kappa shape index (κ2) is 6.95. The van der Waals surface area contributed by atoms with Crippen LogP contribution in [0.5, 0.6) is 11.5 Å². The molecule has 0 amide bonds. The number of likely N-dealkylation sites (N-methyl/N-ethyl adjacent to an activating group) is 1. The molecule has 0 saturated carbocycles. The van der Waals surface area contributed by atoms with Gasteiger partial charge in [0, 0.05) is 0 Å². The van der Waals surface area contributed by atoms with Gasteiger partial charge in [-0.25, -0.2) is 0 Å². The van der Waals surface area contributed by atoms with E-state index in [0.717, 1.165) is 24.1 Å². The van der Waals surface area contributed by atoms with Crippen molar-refractivity contribution in [2.75, 3.05) is 40.4 Å². The number of piperidine rings is 1. The van der Waals surface area contributed by atoms with Crippen LogP contribution in [0.15, 0.2) is 24.3 Å². The van der Waals surface area contributed by atoms with Crippen LogP contribution in [0, 0.1) is 0 Å². The fourth-order valence-corrected chi connectivity index (χ4v) is 2.94. The lowest BCUT2D eigenvalue weighted by Gasteiger charge is -2.39. The summed E-state index contributed by atoms with van der Waals surface area (Å²) in [5, 5.41) is 10.2. The van der Waals surface area contributed by atoms with Gasteiger partial charge in [-0.15, -0.1) is 0 Å². The lowest BCUT2D eigenvalue weighted by molar-refractivity contribution is -0.916. The number of nitrogens with zero attached hydrogens (tertiary/aromatic N) is 1. The van der Waals surface area contributed by atoms with Crippen molar-refractivity contribution in [2.24, 2.45) is 0 Å². The minimum Gasteiger partial charge on any atom is -0.493 e. The zero-order valence-electron chi connectivity index (χ0n) is 12.5. The summed E-state index contributed by atoms with van der Waals surface area (Å²) in [6.45, 7) is 3.39. The highest BCUT2D eigenvalue weighted by Gasteiger charge is 2.28. The van der Waals surface area contributed by atoms with E-state index in [2.05, 4.69) is 7.05 Å². The van der Waals surface area contributed by atoms with Crippen LogP contribution in [-0.2, 0) is 0 Å². The molecule has 4 nitrogen and oxygen atoms in total. The van der Waals surface area contributed by atoms with Crippen molar-refractivity contribution in [3.05, 3.63) is 24.3 Å². The van der Waals surface area contributed by atoms with Crippen LogP contribution in [0.25, 0.3) is 0 Å². The second-order valence-electron chi connectivity index (χ2n) is 5.93. The molecular formula is C16H26NO3+. The van der Waals surface area contributed by atoms with Crippen LogP contribution in [0.3, 0.4) is 0 Å². The predicted molar refractivity (Wildman–Crippen MR) is 79.1 cm³/mol. The van der Waals surface area contributed by atoms with Crippen LogP contribution >= 0.6 is 0 Å². The van der Waals surface area contributed by atoms with Crippen molar-refractivity contribution >= 4 is 0 Å². The predicted octanol–water partition coefficient (Wildman–Crippen LogP) is 2.07. The van der Waals surface area contributed by atoms with Gasteiger partial charge in [0.05, 0.1) is 27.2 Å². The van der Waals surface area contributed by atoms with Gasteiger partial charge in [-0.3, -0.25) is 0 Å². The van der Waals surface area contributed by atoms with Crippen molar-refractivity contribution in [1.29, 1.82) is 0 Å². The quantitative estimate of drug-likeness (QED) is 0.811. The Bertz CT molecular complexity index is 416. The number of likely N-dealkylation sites (tertiary alicyclic amines) is 1. The van der Waals surface area contributed by atoms with Gasteiger partial charge in [-0.05, 0) is 31.4 Å². The van der Waals surface area contributed by atoms with E-state index in [1.807, 2.05) is 24.3 Å². The van der Waals surface area contributed by atoms with E-state index in [1.54, 1.807) is 7.11 Å². The van der Waals surface area contributed by atoms with Crippen molar-refractivity contribution in [2.45, 2.75) is 25.4 Å². The van der Waals surface area contributed by atoms with Crippen molar-refractivity contribution in [3.63, 3.8) is 0 Å². The molecule has 0 aliphatic carbocycles. The largest absolute Gasteiger partial charge is 0.493 e. The third-order valence-corrected chi connectivity index (χ3v) is 4.05. The maximum Gasteiger partial charge on any atom is 0.161 e. The van der Waals surface area contributed by atoms with Gasteiger partial charge in [0.2, 0.25) is 0 Å². The van der Waals surface area contributed by atoms with Crippen molar-refractivity contribution in [1.82, 2.24) is 0 Å². The van der Waals surface area contributed by atoms with E-state index in [-0.39, 0.29) is 0 Å². The number of para-hydroxylation sites is 2. The Kier molecular flexibility index (Phi) is 5.26. The molecule has 1 aromatic rings. The molecule has 1 unspecified atom stereocenters. The number of ether oxygens (including phenoxy) is 2. The molecule has 1 aliphatic heterocycles. The smallest absolute Gasteiger partial charge is 0.161 e. The summed E-state index contributed by atoms with van der Waals surface area (Å²) >= 11 is 0. The van der Waals surface area contributed by atoms with Crippen LogP contribution in [-0.4, -0.2) is 56.1 Å². The summed E-state index contributed by atoms with van der Waals surface area (Å²) in [4.78, 5) is 0. The van der Waals surface area contributed by atoms with E-state index < -0.39 is 6.10 Å². The molecule has 0 spiro atoms. The van der Waals surface area contributed by atoms with Crippen molar-refractivity contribution in [3.8, 4) is 11.5 Å². The second-order valence-corrected chi connectivity index (χ2v) is 5.93. The molecule has 112 valence electrons. The number of hydrogen-bond acceptors (Lipinski definition) is 3. The van der Waals surface area contributed by atoms with E-state index >= 15 is 0 Å². The Labute approximate surface area is 121 Å². The zero-order chi connectivity index (χ0) is 14.4. The molecule has 4 heteroatoms. The van der Waals surface area contributed by atoms with Gasteiger partial charge in [-0.2, -0.15) is 0 Å². The number of quaternary nitrogens is 1. The van der Waals surface area contributed by atoms with E-state index in [0.29, 0.717) is 18.1 Å². The maximum absolute atomic E-state index is 10.2. The van der Waals surface area contributed by atoms with Gasteiger partial charge >= 0.3 is 0 Å². The van der Waals surface area contributed by atoms with Gasteiger partial charge in [0.25, 0.3) is 0 Å². The SMILES string of the molecule is COc1ccccc1OCC(O)C[N+]1(C)CCCCC1. The van der Waals surface area contributed by atoms with Gasteiger partial charge in [0.15, 0.2) is 11.5 Å². The standard InChI is InChI=1S/C16H26NO3/c1-17(10-6-3-7-11-17)12-14(18)13-20-16-9-5-4-8-15(16)19-2/h4-5,8-9,14,18H,3,6-7,10-13H2,1-2H3/q+1. The Morgan fingerprint density at radius 3 is 2.45 bits per heavy atom. The van der Waals surface area contributed by atoms with Crippen LogP contribution in [0.2, 0.25) is 0 Å². The first-order valence-corrected chi connectivity index (χ1v) is 7.40. The first kappa shape index (κ1) is 15.1. The molecule has 1 heterocycles. The average molecular weight is 280 g/mol. The minimum absolute atomic E-state index is 0.314. The Hall–Kier alpha value is -1.26. The van der Waals surface area contributed by atoms with E-state index in [9.17, 15) is 5.11 Å². The summed E-state index contributed by atoms with van der Waals surface area (Å²) < 4.78 is 11.9. The van der Waals surface area contributed by atoms with Crippen LogP contribution in [0.4, 0.5) is 0 Å². The number of hydrogen-bond donors (Lipinski definition) is 1. The summed E-state index contributed by atoms with van der Waals surface area (Å²) in [6, 6.07) is 7.54. The van der Waals surface area contributed by atoms with Gasteiger partial charge in [-0.1, -0.05) is 12.1 Å². The highest BCUT2D eigenvalue weighted by atomic mass is 16.5. The van der Waals surface area contributed by atoms with Crippen molar-refractivity contribution < 1.29 is 19.1 Å². The average Bonchev–Trinajstić information content (AvgIpc) is 2.45. The maximum atomic E-state index is 10.2. The minimum atomic E-state index is -0.442. The topological polar surface area (TPSA) is 38.7 Å². The normalized spacial score (nSPS) is 19.4. The fraction of sp³-hybridized carbons (Fsp3) is 0.625. The summed E-state index contributed by atoms with van der Waals surface area (Å²) in [7, 11) is 3.85. The van der Waals surface area contributed by atoms with E-state index in [4.69, 9.17) is 9.47 Å². The summed E-state index contributed by atoms with van der Waals surface area (Å²) in [6.07, 6.45) is 3.40. The number of aliphatic hydroxyl groups excluding tert-OH is 1. The Morgan fingerprint density at radius 2 is 1.80 bits per heavy atom. The van der Waals surface area contributed by atoms with Crippen LogP contribution < -0.4 is 9.47 Å². The zero-order valence-corrected chi connectivity index (χ0v) is 12.5. The highest BCUT2D eigenvalue weighted by molar-refractivity contribution is 5.39. The number of rotatable bonds is 6. The monoisotopic (exact) mass is 280 g/mol. The molecule has 0 aromatic heterocycles. The third kappa shape index (κ3) is 4.12. The lowest BCUT2D eigenvalue weighted by Crippen LogP contribution is -2.52. The van der Waals surface area contributed by atoms with E-state index in [1.165, 1.54) is 19.3 Å². The molecule has 1 atom stereocenters. The summed E-state index contributed by atoms with van der Waals surface area (Å²) in [5.74, 6) is 1.40. The molecule has 0 bridgehead atoms. The Balaban J connectivity index is 1.84. The third-order valence-electron chi connectivity index (χ3n) is 4.05. The van der Waals surface area contributed by atoms with Crippen LogP contribution in [0.1, 0.15) is 19.3 Å². The number of aliphatic hydroxyl groups is 1. The lowest BCUT2D eigenvalue weighted by atomic mass is 10.1. The number of methoxy groups -OCH3 is 1. The first-order valence-electron chi connectivity index (χ1n) is 7.40. The van der Waals surface area contributed by atoms with Gasteiger partial charge in [0.1, 0.15) is 19.3 Å². The summed E-state index contributed by atoms with van der Waals surface area (Å²) in [5.41, 5.74) is 0. The molecule has 20 heavy (non-hydrogen) atoms. The van der Waals surface area contributed by atoms with Gasteiger partial charge < -0.3 is 19.1 Å².